The monoisotopic (exact) mass is 156 g/mol. The molecule has 1 aliphatic carbocycles. The molecule has 0 aromatic rings. The fourth-order valence-electron chi connectivity index (χ4n) is 2.53. The Hall–Kier alpha value is -0.0800. The smallest absolute Gasteiger partial charge is 0.0270 e. The highest BCUT2D eigenvalue weighted by Gasteiger charge is 2.43. The number of nitrogens with two attached hydrogens (primary N) is 1. The summed E-state index contributed by atoms with van der Waals surface area (Å²) < 4.78 is 0. The van der Waals surface area contributed by atoms with E-state index in [4.69, 9.17) is 5.73 Å². The van der Waals surface area contributed by atoms with Gasteiger partial charge < -0.3 is 11.1 Å². The molecule has 3 unspecified atom stereocenters. The van der Waals surface area contributed by atoms with Crippen LogP contribution in [0.4, 0.5) is 0 Å². The molecule has 66 valence electrons. The summed E-state index contributed by atoms with van der Waals surface area (Å²) in [5, 5.41) is 3.31. The fraction of sp³-hybridized carbons (Fsp3) is 1.00. The molecule has 2 nitrogen and oxygen atoms in total. The Morgan fingerprint density at radius 3 is 2.18 bits per heavy atom. The molecule has 11 heavy (non-hydrogen) atoms. The van der Waals surface area contributed by atoms with E-state index in [1.807, 2.05) is 7.05 Å². The molecule has 0 aromatic heterocycles. The van der Waals surface area contributed by atoms with E-state index in [-0.39, 0.29) is 0 Å². The van der Waals surface area contributed by atoms with Crippen LogP contribution in [0.25, 0.3) is 0 Å². The molecule has 0 saturated heterocycles. The molecule has 0 aromatic carbocycles. The predicted octanol–water partition coefficient (Wildman–Crippen LogP) is 0.968. The predicted molar refractivity (Wildman–Crippen MR) is 48.4 cm³/mol. The third kappa shape index (κ3) is 1.42. The van der Waals surface area contributed by atoms with E-state index in [2.05, 4.69) is 26.1 Å². The lowest BCUT2D eigenvalue weighted by atomic mass is 9.86. The van der Waals surface area contributed by atoms with Crippen LogP contribution in [0.5, 0.6) is 0 Å². The van der Waals surface area contributed by atoms with E-state index in [9.17, 15) is 0 Å². The second-order valence-electron chi connectivity index (χ2n) is 4.51. The topological polar surface area (TPSA) is 38.0 Å². The van der Waals surface area contributed by atoms with Crippen LogP contribution in [0, 0.1) is 11.3 Å². The molecule has 1 saturated carbocycles. The van der Waals surface area contributed by atoms with Crippen LogP contribution in [0.3, 0.4) is 0 Å². The van der Waals surface area contributed by atoms with Crippen molar-refractivity contribution in [3.05, 3.63) is 0 Å². The molecule has 3 atom stereocenters. The quantitative estimate of drug-likeness (QED) is 0.593. The Bertz CT molecular complexity index is 142. The number of hydrogen-bond acceptors (Lipinski definition) is 2. The average Bonchev–Trinajstić information content (AvgIpc) is 2.03. The zero-order valence-electron chi connectivity index (χ0n) is 8.02. The van der Waals surface area contributed by atoms with Crippen LogP contribution in [0.2, 0.25) is 0 Å². The lowest BCUT2D eigenvalue weighted by molar-refractivity contribution is 0.285. The van der Waals surface area contributed by atoms with E-state index >= 15 is 0 Å². The zero-order valence-corrected chi connectivity index (χ0v) is 8.02. The summed E-state index contributed by atoms with van der Waals surface area (Å²) >= 11 is 0. The second kappa shape index (κ2) is 2.76. The van der Waals surface area contributed by atoms with Crippen LogP contribution in [0.15, 0.2) is 0 Å². The molecule has 0 spiro atoms. The first kappa shape index (κ1) is 9.01. The van der Waals surface area contributed by atoms with E-state index in [0.717, 1.165) is 0 Å². The van der Waals surface area contributed by atoms with Gasteiger partial charge in [0.1, 0.15) is 0 Å². The maximum absolute atomic E-state index is 6.05. The van der Waals surface area contributed by atoms with Gasteiger partial charge in [0.15, 0.2) is 0 Å². The van der Waals surface area contributed by atoms with Crippen molar-refractivity contribution in [2.24, 2.45) is 17.1 Å². The second-order valence-corrected chi connectivity index (χ2v) is 4.51. The Balaban J connectivity index is 2.73. The molecule has 0 aliphatic heterocycles. The maximum Gasteiger partial charge on any atom is 0.0270 e. The van der Waals surface area contributed by atoms with Gasteiger partial charge in [-0.25, -0.2) is 0 Å². The van der Waals surface area contributed by atoms with Gasteiger partial charge in [0.05, 0.1) is 0 Å². The summed E-state index contributed by atoms with van der Waals surface area (Å²) in [7, 11) is 2.00. The van der Waals surface area contributed by atoms with E-state index in [1.165, 1.54) is 6.42 Å². The first-order valence-electron chi connectivity index (χ1n) is 4.42. The summed E-state index contributed by atoms with van der Waals surface area (Å²) in [5.74, 6) is 0.655. The van der Waals surface area contributed by atoms with Crippen LogP contribution in [-0.2, 0) is 0 Å². The van der Waals surface area contributed by atoms with Gasteiger partial charge in [-0.05, 0) is 24.8 Å². The van der Waals surface area contributed by atoms with E-state index in [0.29, 0.717) is 23.4 Å². The van der Waals surface area contributed by atoms with Gasteiger partial charge in [-0.3, -0.25) is 0 Å². The Kier molecular flexibility index (Phi) is 2.26. The number of nitrogens with one attached hydrogen (secondary N) is 1. The van der Waals surface area contributed by atoms with Crippen LogP contribution in [-0.4, -0.2) is 19.1 Å². The van der Waals surface area contributed by atoms with Crippen molar-refractivity contribution in [2.75, 3.05) is 7.05 Å². The lowest BCUT2D eigenvalue weighted by Crippen LogP contribution is -2.47. The molecule has 1 aliphatic rings. The summed E-state index contributed by atoms with van der Waals surface area (Å²) in [4.78, 5) is 0. The van der Waals surface area contributed by atoms with Gasteiger partial charge in [-0.1, -0.05) is 20.8 Å². The summed E-state index contributed by atoms with van der Waals surface area (Å²) in [6, 6.07) is 0.812. The minimum Gasteiger partial charge on any atom is -0.326 e. The van der Waals surface area contributed by atoms with Crippen molar-refractivity contribution < 1.29 is 0 Å². The molecule has 0 bridgehead atoms. The van der Waals surface area contributed by atoms with Gasteiger partial charge >= 0.3 is 0 Å². The molecule has 1 fully saturated rings. The number of hydrogen-bond donors (Lipinski definition) is 2. The molecule has 1 rings (SSSR count). The van der Waals surface area contributed by atoms with E-state index < -0.39 is 0 Å². The SMILES string of the molecule is CNC1C(N)C(C)CC1(C)C. The van der Waals surface area contributed by atoms with Crippen LogP contribution >= 0.6 is 0 Å². The van der Waals surface area contributed by atoms with Gasteiger partial charge in [0.2, 0.25) is 0 Å². The molecular formula is C9H20N2. The maximum atomic E-state index is 6.05. The van der Waals surface area contributed by atoms with Crippen molar-refractivity contribution in [3.63, 3.8) is 0 Å². The minimum atomic E-state index is 0.329. The van der Waals surface area contributed by atoms with Crippen molar-refractivity contribution >= 4 is 0 Å². The first-order chi connectivity index (χ1) is 4.99. The molecule has 0 heterocycles. The van der Waals surface area contributed by atoms with Crippen molar-refractivity contribution in [2.45, 2.75) is 39.3 Å². The summed E-state index contributed by atoms with van der Waals surface area (Å²) in [6.07, 6.45) is 1.24. The normalized spacial score (nSPS) is 42.8. The number of rotatable bonds is 1. The summed E-state index contributed by atoms with van der Waals surface area (Å²) in [6.45, 7) is 6.82. The molecule has 0 radical (unpaired) electrons. The van der Waals surface area contributed by atoms with Crippen molar-refractivity contribution in [1.29, 1.82) is 0 Å². The standard InChI is InChI=1S/C9H20N2/c1-6-5-9(2,3)8(11-4)7(6)10/h6-8,11H,5,10H2,1-4H3. The zero-order chi connectivity index (χ0) is 8.65. The summed E-state index contributed by atoms with van der Waals surface area (Å²) in [5.41, 5.74) is 6.41. The average molecular weight is 156 g/mol. The fourth-order valence-corrected chi connectivity index (χ4v) is 2.53. The van der Waals surface area contributed by atoms with Crippen molar-refractivity contribution in [3.8, 4) is 0 Å². The Labute approximate surface area is 69.5 Å². The van der Waals surface area contributed by atoms with Crippen molar-refractivity contribution in [1.82, 2.24) is 5.32 Å². The third-order valence-electron chi connectivity index (χ3n) is 3.04. The highest BCUT2D eigenvalue weighted by molar-refractivity contribution is 5.01. The Morgan fingerprint density at radius 2 is 2.00 bits per heavy atom. The molecular weight excluding hydrogens is 136 g/mol. The van der Waals surface area contributed by atoms with Crippen LogP contribution < -0.4 is 11.1 Å². The highest BCUT2D eigenvalue weighted by atomic mass is 15.0. The molecule has 2 heteroatoms. The van der Waals surface area contributed by atoms with Gasteiger partial charge in [0.25, 0.3) is 0 Å². The van der Waals surface area contributed by atoms with Gasteiger partial charge in [-0.2, -0.15) is 0 Å². The van der Waals surface area contributed by atoms with Gasteiger partial charge in [0, 0.05) is 12.1 Å². The molecule has 0 amide bonds. The minimum absolute atomic E-state index is 0.329. The van der Waals surface area contributed by atoms with Crippen LogP contribution in [0.1, 0.15) is 27.2 Å². The Morgan fingerprint density at radius 1 is 1.45 bits per heavy atom. The van der Waals surface area contributed by atoms with E-state index in [1.54, 1.807) is 0 Å². The number of likely N-dealkylation sites (N-methyl/N-ethyl adjacent to an activating group) is 1. The highest BCUT2D eigenvalue weighted by Crippen LogP contribution is 2.39. The van der Waals surface area contributed by atoms with Gasteiger partial charge in [-0.15, -0.1) is 0 Å². The molecule has 3 N–H and O–H groups in total. The third-order valence-corrected chi connectivity index (χ3v) is 3.04. The largest absolute Gasteiger partial charge is 0.326 e. The lowest BCUT2D eigenvalue weighted by Gasteiger charge is -2.28. The first-order valence-corrected chi connectivity index (χ1v) is 4.42.